The van der Waals surface area contributed by atoms with Gasteiger partial charge in [-0.2, -0.15) is 0 Å². The first-order valence-corrected chi connectivity index (χ1v) is 6.09. The van der Waals surface area contributed by atoms with Crippen LogP contribution in [0.15, 0.2) is 24.3 Å². The van der Waals surface area contributed by atoms with E-state index in [4.69, 9.17) is 0 Å². The van der Waals surface area contributed by atoms with Crippen molar-refractivity contribution in [3.8, 4) is 0 Å². The number of aliphatic carboxylic acids is 1. The van der Waals surface area contributed by atoms with E-state index in [2.05, 4.69) is 6.07 Å². The van der Waals surface area contributed by atoms with Crippen LogP contribution in [-0.4, -0.2) is 11.1 Å². The number of carboxylic acids is 1. The molecule has 2 heteroatoms. The minimum absolute atomic E-state index is 0.272. The summed E-state index contributed by atoms with van der Waals surface area (Å²) in [4.78, 5) is 11.2. The van der Waals surface area contributed by atoms with Crippen molar-refractivity contribution in [1.82, 2.24) is 0 Å². The molecule has 0 radical (unpaired) electrons. The van der Waals surface area contributed by atoms with Gasteiger partial charge >= 0.3 is 5.97 Å². The largest absolute Gasteiger partial charge is 0.481 e. The fourth-order valence-electron chi connectivity index (χ4n) is 3.07. The molecule has 2 unspecified atom stereocenters. The smallest absolute Gasteiger partial charge is 0.310 e. The third-order valence-electron chi connectivity index (χ3n) is 4.03. The van der Waals surface area contributed by atoms with E-state index in [1.165, 1.54) is 18.4 Å². The molecule has 1 saturated carbocycles. The highest BCUT2D eigenvalue weighted by atomic mass is 16.4. The van der Waals surface area contributed by atoms with Crippen LogP contribution in [0.3, 0.4) is 0 Å². The van der Waals surface area contributed by atoms with E-state index in [9.17, 15) is 9.90 Å². The minimum atomic E-state index is -0.665. The van der Waals surface area contributed by atoms with Crippen molar-refractivity contribution in [2.75, 3.05) is 0 Å². The third-order valence-corrected chi connectivity index (χ3v) is 4.03. The third kappa shape index (κ3) is 1.53. The lowest BCUT2D eigenvalue weighted by molar-refractivity contribution is -0.139. The van der Waals surface area contributed by atoms with Gasteiger partial charge in [-0.1, -0.05) is 24.3 Å². The Hall–Kier alpha value is -1.31. The Morgan fingerprint density at radius 1 is 1.06 bits per heavy atom. The molecule has 0 saturated heterocycles. The summed E-state index contributed by atoms with van der Waals surface area (Å²) in [5, 5.41) is 9.23. The molecule has 2 aliphatic rings. The molecule has 3 rings (SSSR count). The lowest BCUT2D eigenvalue weighted by Gasteiger charge is -2.29. The summed E-state index contributed by atoms with van der Waals surface area (Å²) < 4.78 is 0. The topological polar surface area (TPSA) is 37.3 Å². The zero-order valence-electron chi connectivity index (χ0n) is 9.23. The number of hydrogen-bond donors (Lipinski definition) is 1. The van der Waals surface area contributed by atoms with Crippen LogP contribution in [0, 0.1) is 5.92 Å². The Morgan fingerprint density at radius 3 is 2.38 bits per heavy atom. The summed E-state index contributed by atoms with van der Waals surface area (Å²) in [5.41, 5.74) is 2.38. The van der Waals surface area contributed by atoms with Gasteiger partial charge < -0.3 is 5.11 Å². The summed E-state index contributed by atoms with van der Waals surface area (Å²) in [6.45, 7) is 0. The lowest BCUT2D eigenvalue weighted by Crippen LogP contribution is -2.21. The Morgan fingerprint density at radius 2 is 1.75 bits per heavy atom. The first-order valence-electron chi connectivity index (χ1n) is 6.09. The van der Waals surface area contributed by atoms with Crippen molar-refractivity contribution in [3.63, 3.8) is 0 Å². The maximum Gasteiger partial charge on any atom is 0.310 e. The molecule has 1 aromatic carbocycles. The van der Waals surface area contributed by atoms with E-state index in [0.29, 0.717) is 5.92 Å². The van der Waals surface area contributed by atoms with Crippen LogP contribution in [0.1, 0.15) is 48.6 Å². The van der Waals surface area contributed by atoms with Crippen molar-refractivity contribution < 1.29 is 9.90 Å². The highest BCUT2D eigenvalue weighted by Crippen LogP contribution is 2.50. The van der Waals surface area contributed by atoms with E-state index < -0.39 is 5.97 Å². The second-order valence-corrected chi connectivity index (χ2v) is 5.04. The molecule has 1 fully saturated rings. The predicted molar refractivity (Wildman–Crippen MR) is 61.5 cm³/mol. The molecule has 84 valence electrons. The predicted octanol–water partition coefficient (Wildman–Crippen LogP) is 3.14. The SMILES string of the molecule is O=C(O)C1CCC(C2CC2)c2ccccc21. The van der Waals surface area contributed by atoms with Gasteiger partial charge in [0.05, 0.1) is 5.92 Å². The molecule has 16 heavy (non-hydrogen) atoms. The average molecular weight is 216 g/mol. The van der Waals surface area contributed by atoms with Crippen LogP contribution in [-0.2, 0) is 4.79 Å². The molecule has 0 heterocycles. The molecule has 1 N–H and O–H groups in total. The Labute approximate surface area is 95.3 Å². The van der Waals surface area contributed by atoms with Crippen molar-refractivity contribution in [1.29, 1.82) is 0 Å². The van der Waals surface area contributed by atoms with Crippen molar-refractivity contribution in [2.45, 2.75) is 37.5 Å². The molecule has 0 aliphatic heterocycles. The molecule has 2 aliphatic carbocycles. The second kappa shape index (κ2) is 3.62. The standard InChI is InChI=1S/C14H16O2/c15-14(16)13-8-7-10(9-5-6-9)11-3-1-2-4-12(11)13/h1-4,9-10,13H,5-8H2,(H,15,16). The summed E-state index contributed by atoms with van der Waals surface area (Å²) in [5.74, 6) is 0.524. The molecule has 1 aromatic rings. The molecular weight excluding hydrogens is 200 g/mol. The maximum absolute atomic E-state index is 11.2. The van der Waals surface area contributed by atoms with Crippen molar-refractivity contribution >= 4 is 5.97 Å². The quantitative estimate of drug-likeness (QED) is 0.824. The van der Waals surface area contributed by atoms with Gasteiger partial charge in [-0.3, -0.25) is 4.79 Å². The van der Waals surface area contributed by atoms with E-state index >= 15 is 0 Å². The van der Waals surface area contributed by atoms with E-state index in [0.717, 1.165) is 24.3 Å². The zero-order chi connectivity index (χ0) is 11.1. The van der Waals surface area contributed by atoms with Gasteiger partial charge in [-0.05, 0) is 48.6 Å². The number of rotatable bonds is 2. The van der Waals surface area contributed by atoms with Crippen molar-refractivity contribution in [2.24, 2.45) is 5.92 Å². The molecule has 2 atom stereocenters. The van der Waals surface area contributed by atoms with Gasteiger partial charge in [-0.15, -0.1) is 0 Å². The van der Waals surface area contributed by atoms with Gasteiger partial charge in [0.25, 0.3) is 0 Å². The number of carboxylic acid groups (broad SMARTS) is 1. The second-order valence-electron chi connectivity index (χ2n) is 5.04. The fraction of sp³-hybridized carbons (Fsp3) is 0.500. The first kappa shape index (κ1) is 9.88. The normalized spacial score (nSPS) is 28.5. The molecule has 0 aromatic heterocycles. The first-order chi connectivity index (χ1) is 7.77. The van der Waals surface area contributed by atoms with Crippen LogP contribution in [0.4, 0.5) is 0 Å². The van der Waals surface area contributed by atoms with Crippen LogP contribution >= 0.6 is 0 Å². The molecule has 0 spiro atoms. The van der Waals surface area contributed by atoms with E-state index in [-0.39, 0.29) is 5.92 Å². The van der Waals surface area contributed by atoms with Crippen molar-refractivity contribution in [3.05, 3.63) is 35.4 Å². The summed E-state index contributed by atoms with van der Waals surface area (Å²) in [6, 6.07) is 8.14. The summed E-state index contributed by atoms with van der Waals surface area (Å²) in [6.07, 6.45) is 4.53. The summed E-state index contributed by atoms with van der Waals surface area (Å²) in [7, 11) is 0. The minimum Gasteiger partial charge on any atom is -0.481 e. The van der Waals surface area contributed by atoms with E-state index in [1.807, 2.05) is 18.2 Å². The van der Waals surface area contributed by atoms with Gasteiger partial charge in [-0.25, -0.2) is 0 Å². The van der Waals surface area contributed by atoms with Crippen LogP contribution in [0.5, 0.6) is 0 Å². The molecule has 2 nitrogen and oxygen atoms in total. The Kier molecular flexibility index (Phi) is 2.23. The number of fused-ring (bicyclic) bond motifs is 1. The molecule has 0 bridgehead atoms. The molecule has 0 amide bonds. The van der Waals surface area contributed by atoms with Gasteiger partial charge in [0, 0.05) is 0 Å². The Balaban J connectivity index is 2.02. The van der Waals surface area contributed by atoms with Crippen LogP contribution < -0.4 is 0 Å². The van der Waals surface area contributed by atoms with Crippen LogP contribution in [0.25, 0.3) is 0 Å². The van der Waals surface area contributed by atoms with Crippen LogP contribution in [0.2, 0.25) is 0 Å². The Bertz CT molecular complexity index is 420. The summed E-state index contributed by atoms with van der Waals surface area (Å²) >= 11 is 0. The lowest BCUT2D eigenvalue weighted by atomic mass is 9.75. The fourth-order valence-corrected chi connectivity index (χ4v) is 3.07. The van der Waals surface area contributed by atoms with E-state index in [1.54, 1.807) is 0 Å². The highest BCUT2D eigenvalue weighted by molar-refractivity contribution is 5.77. The average Bonchev–Trinajstić information content (AvgIpc) is 3.11. The number of benzene rings is 1. The highest BCUT2D eigenvalue weighted by Gasteiger charge is 2.38. The molecular formula is C14H16O2. The number of carbonyl (C=O) groups is 1. The zero-order valence-corrected chi connectivity index (χ0v) is 9.23. The van der Waals surface area contributed by atoms with Gasteiger partial charge in [0.15, 0.2) is 0 Å². The van der Waals surface area contributed by atoms with Gasteiger partial charge in [0.2, 0.25) is 0 Å². The van der Waals surface area contributed by atoms with Gasteiger partial charge in [0.1, 0.15) is 0 Å². The maximum atomic E-state index is 11.2. The number of hydrogen-bond acceptors (Lipinski definition) is 1. The monoisotopic (exact) mass is 216 g/mol.